The summed E-state index contributed by atoms with van der Waals surface area (Å²) in [6, 6.07) is 0. The van der Waals surface area contributed by atoms with Gasteiger partial charge in [0.05, 0.1) is 24.0 Å². The van der Waals surface area contributed by atoms with Crippen LogP contribution in [0.1, 0.15) is 26.2 Å². The molecule has 0 spiro atoms. The van der Waals surface area contributed by atoms with Crippen molar-refractivity contribution in [1.82, 2.24) is 9.80 Å². The third-order valence-electron chi connectivity index (χ3n) is 5.07. The first-order valence-electron chi connectivity index (χ1n) is 8.01. The van der Waals surface area contributed by atoms with Gasteiger partial charge in [0, 0.05) is 26.2 Å². The van der Waals surface area contributed by atoms with E-state index in [1.165, 1.54) is 0 Å². The maximum absolute atomic E-state index is 12.7. The molecule has 3 rings (SSSR count). The number of amides is 1. The summed E-state index contributed by atoms with van der Waals surface area (Å²) in [5.41, 5.74) is 0. The molecule has 1 N–H and O–H groups in total. The fraction of sp³-hybridized carbons (Fsp3) is 0.867. The van der Waals surface area contributed by atoms with Crippen LogP contribution in [0.3, 0.4) is 0 Å². The molecule has 3 saturated heterocycles. The number of ether oxygens (including phenoxy) is 1. The molecular formula is C15H24N2O4. The van der Waals surface area contributed by atoms with Gasteiger partial charge < -0.3 is 14.7 Å². The number of carboxylic acid groups (broad SMARTS) is 1. The van der Waals surface area contributed by atoms with E-state index in [0.29, 0.717) is 13.1 Å². The molecule has 3 heterocycles. The van der Waals surface area contributed by atoms with Crippen LogP contribution in [-0.2, 0) is 14.3 Å². The Labute approximate surface area is 125 Å². The van der Waals surface area contributed by atoms with E-state index >= 15 is 0 Å². The van der Waals surface area contributed by atoms with Crippen molar-refractivity contribution in [3.8, 4) is 0 Å². The van der Waals surface area contributed by atoms with E-state index in [2.05, 4.69) is 11.8 Å². The molecule has 3 aliphatic rings. The van der Waals surface area contributed by atoms with Crippen LogP contribution in [0.15, 0.2) is 0 Å². The summed E-state index contributed by atoms with van der Waals surface area (Å²) >= 11 is 0. The third kappa shape index (κ3) is 2.66. The molecule has 0 aromatic carbocycles. The topological polar surface area (TPSA) is 70.1 Å². The van der Waals surface area contributed by atoms with Gasteiger partial charge in [-0.05, 0) is 25.8 Å². The Kier molecular flexibility index (Phi) is 4.17. The zero-order valence-corrected chi connectivity index (χ0v) is 12.5. The van der Waals surface area contributed by atoms with Crippen LogP contribution in [-0.4, -0.2) is 71.7 Å². The molecule has 2 bridgehead atoms. The number of rotatable bonds is 4. The summed E-state index contributed by atoms with van der Waals surface area (Å²) in [5, 5.41) is 9.41. The van der Waals surface area contributed by atoms with Gasteiger partial charge in [0.1, 0.15) is 0 Å². The molecule has 3 aliphatic heterocycles. The van der Waals surface area contributed by atoms with Gasteiger partial charge in [-0.2, -0.15) is 0 Å². The highest BCUT2D eigenvalue weighted by molar-refractivity contribution is 5.86. The lowest BCUT2D eigenvalue weighted by molar-refractivity contribution is -0.151. The van der Waals surface area contributed by atoms with E-state index in [1.807, 2.05) is 4.90 Å². The number of carbonyl (C=O) groups excluding carboxylic acids is 1. The predicted molar refractivity (Wildman–Crippen MR) is 75.8 cm³/mol. The summed E-state index contributed by atoms with van der Waals surface area (Å²) in [6.45, 7) is 6.41. The zero-order chi connectivity index (χ0) is 15.0. The average molecular weight is 296 g/mol. The Morgan fingerprint density at radius 1 is 1.10 bits per heavy atom. The SMILES string of the molecule is CCCN1CCN(C(=O)C2C3CCC(O3)C2C(=O)O)CC1. The lowest BCUT2D eigenvalue weighted by Crippen LogP contribution is -2.53. The summed E-state index contributed by atoms with van der Waals surface area (Å²) in [5.74, 6) is -2.01. The summed E-state index contributed by atoms with van der Waals surface area (Å²) < 4.78 is 5.69. The second-order valence-electron chi connectivity index (χ2n) is 6.35. The number of piperazine rings is 1. The van der Waals surface area contributed by atoms with Crippen LogP contribution in [0.25, 0.3) is 0 Å². The Morgan fingerprint density at radius 3 is 2.29 bits per heavy atom. The van der Waals surface area contributed by atoms with Crippen molar-refractivity contribution in [1.29, 1.82) is 0 Å². The average Bonchev–Trinajstić information content (AvgIpc) is 3.08. The van der Waals surface area contributed by atoms with Gasteiger partial charge in [-0.25, -0.2) is 0 Å². The van der Waals surface area contributed by atoms with Crippen molar-refractivity contribution < 1.29 is 19.4 Å². The third-order valence-corrected chi connectivity index (χ3v) is 5.07. The van der Waals surface area contributed by atoms with Crippen LogP contribution in [0, 0.1) is 11.8 Å². The molecule has 0 radical (unpaired) electrons. The Bertz CT molecular complexity index is 420. The van der Waals surface area contributed by atoms with Gasteiger partial charge in [-0.1, -0.05) is 6.92 Å². The van der Waals surface area contributed by atoms with Crippen molar-refractivity contribution in [2.24, 2.45) is 11.8 Å². The van der Waals surface area contributed by atoms with Gasteiger partial charge in [0.25, 0.3) is 0 Å². The van der Waals surface area contributed by atoms with Crippen molar-refractivity contribution in [2.45, 2.75) is 38.4 Å². The minimum Gasteiger partial charge on any atom is -0.481 e. The van der Waals surface area contributed by atoms with Crippen LogP contribution < -0.4 is 0 Å². The minimum atomic E-state index is -0.884. The van der Waals surface area contributed by atoms with Crippen LogP contribution in [0.5, 0.6) is 0 Å². The minimum absolute atomic E-state index is 0.00857. The quantitative estimate of drug-likeness (QED) is 0.814. The van der Waals surface area contributed by atoms with Crippen LogP contribution in [0.4, 0.5) is 0 Å². The Hall–Kier alpha value is -1.14. The van der Waals surface area contributed by atoms with E-state index < -0.39 is 17.8 Å². The van der Waals surface area contributed by atoms with E-state index in [-0.39, 0.29) is 18.1 Å². The van der Waals surface area contributed by atoms with Crippen LogP contribution >= 0.6 is 0 Å². The van der Waals surface area contributed by atoms with Crippen molar-refractivity contribution in [3.05, 3.63) is 0 Å². The monoisotopic (exact) mass is 296 g/mol. The highest BCUT2D eigenvalue weighted by atomic mass is 16.5. The van der Waals surface area contributed by atoms with Crippen molar-refractivity contribution >= 4 is 11.9 Å². The smallest absolute Gasteiger partial charge is 0.310 e. The summed E-state index contributed by atoms with van der Waals surface area (Å²) in [4.78, 5) is 28.4. The summed E-state index contributed by atoms with van der Waals surface area (Å²) in [7, 11) is 0. The molecule has 0 saturated carbocycles. The number of hydrogen-bond donors (Lipinski definition) is 1. The fourth-order valence-corrected chi connectivity index (χ4v) is 4.02. The second kappa shape index (κ2) is 5.93. The molecule has 3 fully saturated rings. The molecule has 0 aromatic heterocycles. The van der Waals surface area contributed by atoms with Gasteiger partial charge in [0.15, 0.2) is 0 Å². The summed E-state index contributed by atoms with van der Waals surface area (Å²) in [6.07, 6.45) is 2.27. The number of carbonyl (C=O) groups is 2. The standard InChI is InChI=1S/C15H24N2O4/c1-2-5-16-6-8-17(9-7-16)14(18)12-10-3-4-11(21-10)13(12)15(19)20/h10-13H,2-9H2,1H3,(H,19,20). The first-order chi connectivity index (χ1) is 10.1. The number of aliphatic carboxylic acids is 1. The number of fused-ring (bicyclic) bond motifs is 2. The van der Waals surface area contributed by atoms with Gasteiger partial charge in [-0.3, -0.25) is 14.5 Å². The predicted octanol–water partition coefficient (Wildman–Crippen LogP) is 0.419. The van der Waals surface area contributed by atoms with E-state index in [9.17, 15) is 14.7 Å². The lowest BCUT2D eigenvalue weighted by atomic mass is 9.78. The Morgan fingerprint density at radius 2 is 1.71 bits per heavy atom. The van der Waals surface area contributed by atoms with Gasteiger partial charge in [0.2, 0.25) is 5.91 Å². The number of carboxylic acids is 1. The first-order valence-corrected chi connectivity index (χ1v) is 8.01. The van der Waals surface area contributed by atoms with E-state index in [4.69, 9.17) is 4.74 Å². The molecule has 1 amide bonds. The molecule has 6 heteroatoms. The largest absolute Gasteiger partial charge is 0.481 e. The highest BCUT2D eigenvalue weighted by Crippen LogP contribution is 2.44. The maximum atomic E-state index is 12.7. The second-order valence-corrected chi connectivity index (χ2v) is 6.35. The first kappa shape index (κ1) is 14.8. The molecule has 0 aromatic rings. The zero-order valence-electron chi connectivity index (χ0n) is 12.5. The molecule has 21 heavy (non-hydrogen) atoms. The van der Waals surface area contributed by atoms with Crippen molar-refractivity contribution in [3.63, 3.8) is 0 Å². The molecule has 6 nitrogen and oxygen atoms in total. The van der Waals surface area contributed by atoms with Crippen LogP contribution in [0.2, 0.25) is 0 Å². The highest BCUT2D eigenvalue weighted by Gasteiger charge is 2.56. The molecule has 4 unspecified atom stereocenters. The Balaban J connectivity index is 1.64. The molecule has 4 atom stereocenters. The van der Waals surface area contributed by atoms with E-state index in [0.717, 1.165) is 38.9 Å². The molecule has 118 valence electrons. The lowest BCUT2D eigenvalue weighted by Gasteiger charge is -2.37. The van der Waals surface area contributed by atoms with Gasteiger partial charge >= 0.3 is 5.97 Å². The van der Waals surface area contributed by atoms with Gasteiger partial charge in [-0.15, -0.1) is 0 Å². The van der Waals surface area contributed by atoms with E-state index in [1.54, 1.807) is 0 Å². The maximum Gasteiger partial charge on any atom is 0.310 e. The van der Waals surface area contributed by atoms with Crippen molar-refractivity contribution in [2.75, 3.05) is 32.7 Å². The number of nitrogens with zero attached hydrogens (tertiary/aromatic N) is 2. The molecule has 0 aliphatic carbocycles. The fourth-order valence-electron chi connectivity index (χ4n) is 4.02. The normalized spacial score (nSPS) is 36.1. The molecular weight excluding hydrogens is 272 g/mol. The number of hydrogen-bond acceptors (Lipinski definition) is 4.